The normalized spacial score (nSPS) is 11.0. The van der Waals surface area contributed by atoms with Crippen molar-refractivity contribution < 1.29 is 4.79 Å². The average molecular weight is 320 g/mol. The second-order valence-electron chi connectivity index (χ2n) is 5.15. The van der Waals surface area contributed by atoms with Crippen molar-refractivity contribution in [3.8, 4) is 10.7 Å². The Bertz CT molecular complexity index is 989. The number of carbonyl (C=O) groups excluding carboxylic acids is 1. The number of hydrogen-bond acceptors (Lipinski definition) is 5. The Kier molecular flexibility index (Phi) is 3.44. The van der Waals surface area contributed by atoms with Crippen LogP contribution in [0.15, 0.2) is 55.2 Å². The highest BCUT2D eigenvalue weighted by atomic mass is 32.1. The van der Waals surface area contributed by atoms with Crippen molar-refractivity contribution >= 4 is 28.5 Å². The molecule has 0 aliphatic heterocycles. The number of aldehydes is 1. The highest BCUT2D eigenvalue weighted by Gasteiger charge is 2.08. The van der Waals surface area contributed by atoms with Crippen LogP contribution in [0, 0.1) is 0 Å². The van der Waals surface area contributed by atoms with Gasteiger partial charge in [-0.3, -0.25) is 9.78 Å². The van der Waals surface area contributed by atoms with Gasteiger partial charge in [0.15, 0.2) is 6.29 Å². The van der Waals surface area contributed by atoms with Crippen LogP contribution in [-0.2, 0) is 6.54 Å². The Morgan fingerprint density at radius 1 is 1.13 bits per heavy atom. The first-order valence-corrected chi connectivity index (χ1v) is 7.90. The second-order valence-corrected chi connectivity index (χ2v) is 6.22. The minimum absolute atomic E-state index is 0.605. The van der Waals surface area contributed by atoms with Gasteiger partial charge in [0, 0.05) is 24.0 Å². The van der Waals surface area contributed by atoms with Crippen LogP contribution < -0.4 is 0 Å². The molecule has 0 saturated carbocycles. The molecule has 3 heterocycles. The number of benzene rings is 1. The molecule has 0 amide bonds. The van der Waals surface area contributed by atoms with Crippen molar-refractivity contribution in [3.05, 3.63) is 65.7 Å². The van der Waals surface area contributed by atoms with E-state index in [1.165, 1.54) is 11.3 Å². The largest absolute Gasteiger partial charge is 0.332 e. The summed E-state index contributed by atoms with van der Waals surface area (Å²) in [7, 11) is 0. The number of fused-ring (bicyclic) bond motifs is 1. The molecule has 0 atom stereocenters. The SMILES string of the molecule is O=Cc1cnc(-c2cn(Cc3cnc4ccccc4c3)cn2)s1. The molecule has 5 nitrogen and oxygen atoms in total. The van der Waals surface area contributed by atoms with E-state index in [-0.39, 0.29) is 0 Å². The molecule has 0 N–H and O–H groups in total. The Balaban J connectivity index is 1.59. The molecule has 0 spiro atoms. The van der Waals surface area contributed by atoms with Crippen molar-refractivity contribution in [2.45, 2.75) is 6.54 Å². The number of imidazole rings is 1. The molecule has 0 bridgehead atoms. The van der Waals surface area contributed by atoms with Gasteiger partial charge >= 0.3 is 0 Å². The highest BCUT2D eigenvalue weighted by Crippen LogP contribution is 2.23. The molecule has 3 aromatic heterocycles. The van der Waals surface area contributed by atoms with Crippen molar-refractivity contribution in [3.63, 3.8) is 0 Å². The van der Waals surface area contributed by atoms with Gasteiger partial charge in [0.1, 0.15) is 10.7 Å². The molecule has 1 aromatic carbocycles. The molecule has 23 heavy (non-hydrogen) atoms. The van der Waals surface area contributed by atoms with Crippen LogP contribution in [-0.4, -0.2) is 25.8 Å². The van der Waals surface area contributed by atoms with Crippen LogP contribution in [0.4, 0.5) is 0 Å². The lowest BCUT2D eigenvalue weighted by atomic mass is 10.1. The third-order valence-corrected chi connectivity index (χ3v) is 4.45. The van der Waals surface area contributed by atoms with Gasteiger partial charge in [0.2, 0.25) is 0 Å². The van der Waals surface area contributed by atoms with Gasteiger partial charge in [-0.1, -0.05) is 18.2 Å². The van der Waals surface area contributed by atoms with Crippen LogP contribution >= 0.6 is 11.3 Å². The zero-order chi connectivity index (χ0) is 15.6. The number of nitrogens with zero attached hydrogens (tertiary/aromatic N) is 4. The predicted octanol–water partition coefficient (Wildman–Crippen LogP) is 3.42. The molecule has 4 aromatic rings. The monoisotopic (exact) mass is 320 g/mol. The zero-order valence-electron chi connectivity index (χ0n) is 12.1. The molecule has 112 valence electrons. The molecule has 4 rings (SSSR count). The number of hydrogen-bond donors (Lipinski definition) is 0. The summed E-state index contributed by atoms with van der Waals surface area (Å²) >= 11 is 1.34. The lowest BCUT2D eigenvalue weighted by Crippen LogP contribution is -1.97. The summed E-state index contributed by atoms with van der Waals surface area (Å²) in [4.78, 5) is 24.4. The second kappa shape index (κ2) is 5.73. The van der Waals surface area contributed by atoms with E-state index in [0.29, 0.717) is 11.4 Å². The Hall–Kier alpha value is -2.86. The number of rotatable bonds is 4. The van der Waals surface area contributed by atoms with E-state index >= 15 is 0 Å². The van der Waals surface area contributed by atoms with E-state index in [9.17, 15) is 4.79 Å². The Morgan fingerprint density at radius 2 is 2.04 bits per heavy atom. The fraction of sp³-hybridized carbons (Fsp3) is 0.0588. The van der Waals surface area contributed by atoms with Crippen molar-refractivity contribution in [1.82, 2.24) is 19.5 Å². The molecule has 0 unspecified atom stereocenters. The molecule has 6 heteroatoms. The maximum absolute atomic E-state index is 10.7. The first-order valence-electron chi connectivity index (χ1n) is 7.08. The number of para-hydroxylation sites is 1. The van der Waals surface area contributed by atoms with Crippen LogP contribution in [0.3, 0.4) is 0 Å². The molecular weight excluding hydrogens is 308 g/mol. The zero-order valence-corrected chi connectivity index (χ0v) is 12.9. The van der Waals surface area contributed by atoms with Crippen LogP contribution in [0.25, 0.3) is 21.6 Å². The molecule has 0 radical (unpaired) electrons. The van der Waals surface area contributed by atoms with Crippen molar-refractivity contribution in [2.24, 2.45) is 0 Å². The summed E-state index contributed by atoms with van der Waals surface area (Å²) < 4.78 is 1.99. The van der Waals surface area contributed by atoms with E-state index in [1.54, 1.807) is 12.5 Å². The third-order valence-electron chi connectivity index (χ3n) is 3.50. The topological polar surface area (TPSA) is 60.7 Å². The fourth-order valence-corrected chi connectivity index (χ4v) is 3.12. The smallest absolute Gasteiger partial charge is 0.161 e. The van der Waals surface area contributed by atoms with Gasteiger partial charge in [-0.15, -0.1) is 11.3 Å². The molecular formula is C17H12N4OS. The summed E-state index contributed by atoms with van der Waals surface area (Å²) in [6, 6.07) is 10.2. The van der Waals surface area contributed by atoms with E-state index < -0.39 is 0 Å². The van der Waals surface area contributed by atoms with Crippen molar-refractivity contribution in [2.75, 3.05) is 0 Å². The Labute approximate surface area is 136 Å². The van der Waals surface area contributed by atoms with Gasteiger partial charge in [-0.05, 0) is 17.7 Å². The molecule has 0 fully saturated rings. The van der Waals surface area contributed by atoms with Gasteiger partial charge in [-0.2, -0.15) is 0 Å². The number of pyridine rings is 1. The first kappa shape index (κ1) is 13.8. The summed E-state index contributed by atoms with van der Waals surface area (Å²) in [6.45, 7) is 0.691. The quantitative estimate of drug-likeness (QED) is 0.541. The van der Waals surface area contributed by atoms with E-state index in [2.05, 4.69) is 27.1 Å². The highest BCUT2D eigenvalue weighted by molar-refractivity contribution is 7.16. The summed E-state index contributed by atoms with van der Waals surface area (Å²) in [6.07, 6.45) is 7.96. The van der Waals surface area contributed by atoms with Gasteiger partial charge in [0.05, 0.1) is 23.3 Å². The van der Waals surface area contributed by atoms with Crippen LogP contribution in [0.5, 0.6) is 0 Å². The number of aromatic nitrogens is 4. The molecule has 0 saturated heterocycles. The first-order chi connectivity index (χ1) is 11.3. The predicted molar refractivity (Wildman–Crippen MR) is 89.6 cm³/mol. The molecule has 0 aliphatic rings. The number of thiazole rings is 1. The maximum atomic E-state index is 10.7. The number of carbonyl (C=O) groups is 1. The standard InChI is InChI=1S/C17H12N4OS/c22-10-14-7-19-17(23-14)16-9-21(11-20-16)8-12-5-13-3-1-2-4-15(13)18-6-12/h1-7,9-11H,8H2. The molecule has 0 aliphatic carbocycles. The van der Waals surface area contributed by atoms with E-state index in [4.69, 9.17) is 0 Å². The van der Waals surface area contributed by atoms with Gasteiger partial charge in [0.25, 0.3) is 0 Å². The maximum Gasteiger partial charge on any atom is 0.161 e. The lowest BCUT2D eigenvalue weighted by molar-refractivity contribution is 0.112. The summed E-state index contributed by atoms with van der Waals surface area (Å²) in [5.74, 6) is 0. The van der Waals surface area contributed by atoms with Gasteiger partial charge < -0.3 is 4.57 Å². The lowest BCUT2D eigenvalue weighted by Gasteiger charge is -2.03. The average Bonchev–Trinajstić information content (AvgIpc) is 3.23. The third kappa shape index (κ3) is 2.76. The summed E-state index contributed by atoms with van der Waals surface area (Å²) in [5.41, 5.74) is 2.88. The Morgan fingerprint density at radius 3 is 2.91 bits per heavy atom. The summed E-state index contributed by atoms with van der Waals surface area (Å²) in [5, 5.41) is 1.88. The minimum atomic E-state index is 0.605. The van der Waals surface area contributed by atoms with E-state index in [1.807, 2.05) is 35.2 Å². The van der Waals surface area contributed by atoms with Gasteiger partial charge in [-0.25, -0.2) is 9.97 Å². The fourth-order valence-electron chi connectivity index (χ4n) is 2.43. The van der Waals surface area contributed by atoms with Crippen molar-refractivity contribution in [1.29, 1.82) is 0 Å². The minimum Gasteiger partial charge on any atom is -0.332 e. The van der Waals surface area contributed by atoms with E-state index in [0.717, 1.165) is 33.5 Å². The van der Waals surface area contributed by atoms with Crippen LogP contribution in [0.2, 0.25) is 0 Å². The van der Waals surface area contributed by atoms with Crippen LogP contribution in [0.1, 0.15) is 15.2 Å².